The average molecular weight is 283 g/mol. The summed E-state index contributed by atoms with van der Waals surface area (Å²) in [5.41, 5.74) is 12.5. The standard InChI is InChI=1S/C16H17N3S/c1-2-12-6-8-14(9-7-12)15-5-3-4-13(10-15)11-18-19-16(17)20/h3-11H,2H2,1H3,(H3,17,19,20). The van der Waals surface area contributed by atoms with Gasteiger partial charge in [0.2, 0.25) is 0 Å². The van der Waals surface area contributed by atoms with E-state index in [1.807, 2.05) is 12.1 Å². The van der Waals surface area contributed by atoms with E-state index < -0.39 is 0 Å². The Kier molecular flexibility index (Phi) is 4.85. The Morgan fingerprint density at radius 1 is 1.20 bits per heavy atom. The van der Waals surface area contributed by atoms with E-state index in [4.69, 9.17) is 5.73 Å². The predicted octanol–water partition coefficient (Wildman–Crippen LogP) is 3.08. The van der Waals surface area contributed by atoms with Crippen molar-refractivity contribution >= 4 is 23.5 Å². The van der Waals surface area contributed by atoms with Gasteiger partial charge in [0.15, 0.2) is 5.11 Å². The molecule has 0 fully saturated rings. The first kappa shape index (κ1) is 14.2. The van der Waals surface area contributed by atoms with Crippen molar-refractivity contribution in [1.82, 2.24) is 5.43 Å². The maximum atomic E-state index is 5.31. The molecule has 102 valence electrons. The lowest BCUT2D eigenvalue weighted by atomic mass is 10.0. The van der Waals surface area contributed by atoms with Crippen molar-refractivity contribution < 1.29 is 0 Å². The molecule has 2 aromatic carbocycles. The summed E-state index contributed by atoms with van der Waals surface area (Å²) < 4.78 is 0. The van der Waals surface area contributed by atoms with Gasteiger partial charge in [-0.05, 0) is 47.0 Å². The van der Waals surface area contributed by atoms with Gasteiger partial charge in [0.1, 0.15) is 0 Å². The second-order valence-electron chi connectivity index (χ2n) is 4.41. The topological polar surface area (TPSA) is 50.4 Å². The van der Waals surface area contributed by atoms with Crippen LogP contribution in [-0.2, 0) is 6.42 Å². The zero-order chi connectivity index (χ0) is 14.4. The molecule has 0 bridgehead atoms. The summed E-state index contributed by atoms with van der Waals surface area (Å²) in [5, 5.41) is 4.12. The summed E-state index contributed by atoms with van der Waals surface area (Å²) in [4.78, 5) is 0. The van der Waals surface area contributed by atoms with Gasteiger partial charge >= 0.3 is 0 Å². The number of nitrogens with zero attached hydrogens (tertiary/aromatic N) is 1. The lowest BCUT2D eigenvalue weighted by molar-refractivity contribution is 1.04. The molecular formula is C16H17N3S. The summed E-state index contributed by atoms with van der Waals surface area (Å²) in [6.45, 7) is 2.15. The van der Waals surface area contributed by atoms with Crippen molar-refractivity contribution in [3.05, 3.63) is 59.7 Å². The Labute approximate surface area is 124 Å². The molecule has 20 heavy (non-hydrogen) atoms. The summed E-state index contributed by atoms with van der Waals surface area (Å²) in [7, 11) is 0. The first-order valence-corrected chi connectivity index (χ1v) is 6.87. The number of hydrazone groups is 1. The minimum absolute atomic E-state index is 0.160. The van der Waals surface area contributed by atoms with Crippen molar-refractivity contribution in [1.29, 1.82) is 0 Å². The largest absolute Gasteiger partial charge is 0.375 e. The van der Waals surface area contributed by atoms with Gasteiger partial charge in [0.05, 0.1) is 6.21 Å². The first-order chi connectivity index (χ1) is 9.69. The molecule has 0 heterocycles. The highest BCUT2D eigenvalue weighted by Crippen LogP contribution is 2.20. The maximum absolute atomic E-state index is 5.31. The fourth-order valence-corrected chi connectivity index (χ4v) is 1.95. The van der Waals surface area contributed by atoms with Crippen LogP contribution in [0.1, 0.15) is 18.1 Å². The van der Waals surface area contributed by atoms with Crippen LogP contribution in [0.2, 0.25) is 0 Å². The summed E-state index contributed by atoms with van der Waals surface area (Å²) in [5.74, 6) is 0. The molecule has 2 aromatic rings. The van der Waals surface area contributed by atoms with Gasteiger partial charge in [-0.1, -0.05) is 49.4 Å². The van der Waals surface area contributed by atoms with Crippen molar-refractivity contribution in [2.45, 2.75) is 13.3 Å². The molecule has 0 saturated heterocycles. The van der Waals surface area contributed by atoms with Crippen molar-refractivity contribution in [3.63, 3.8) is 0 Å². The number of rotatable bonds is 4. The minimum Gasteiger partial charge on any atom is -0.375 e. The zero-order valence-electron chi connectivity index (χ0n) is 11.3. The monoisotopic (exact) mass is 283 g/mol. The van der Waals surface area contributed by atoms with Crippen LogP contribution in [-0.4, -0.2) is 11.3 Å². The van der Waals surface area contributed by atoms with E-state index in [1.54, 1.807) is 6.21 Å². The van der Waals surface area contributed by atoms with Crippen LogP contribution in [0, 0.1) is 0 Å². The van der Waals surface area contributed by atoms with E-state index in [0.29, 0.717) is 0 Å². The minimum atomic E-state index is 0.160. The summed E-state index contributed by atoms with van der Waals surface area (Å²) in [6.07, 6.45) is 2.75. The third kappa shape index (κ3) is 3.90. The molecule has 3 nitrogen and oxygen atoms in total. The van der Waals surface area contributed by atoms with Gasteiger partial charge in [-0.3, -0.25) is 5.43 Å². The number of nitrogens with one attached hydrogen (secondary N) is 1. The molecule has 2 rings (SSSR count). The van der Waals surface area contributed by atoms with Gasteiger partial charge in [0.25, 0.3) is 0 Å². The maximum Gasteiger partial charge on any atom is 0.184 e. The number of hydrogen-bond acceptors (Lipinski definition) is 2. The number of thiocarbonyl (C=S) groups is 1. The molecule has 0 atom stereocenters. The van der Waals surface area contributed by atoms with E-state index in [2.05, 4.69) is 66.1 Å². The van der Waals surface area contributed by atoms with Crippen LogP contribution in [0.5, 0.6) is 0 Å². The summed E-state index contributed by atoms with van der Waals surface area (Å²) in [6, 6.07) is 16.7. The van der Waals surface area contributed by atoms with Gasteiger partial charge in [-0.15, -0.1) is 0 Å². The second-order valence-corrected chi connectivity index (χ2v) is 4.85. The molecular weight excluding hydrogens is 266 g/mol. The molecule has 0 unspecified atom stereocenters. The zero-order valence-corrected chi connectivity index (χ0v) is 12.2. The average Bonchev–Trinajstić information content (AvgIpc) is 2.47. The SMILES string of the molecule is CCc1ccc(-c2cccc(C=NNC(N)=S)c2)cc1. The Morgan fingerprint density at radius 2 is 1.95 bits per heavy atom. The van der Waals surface area contributed by atoms with Crippen LogP contribution in [0.25, 0.3) is 11.1 Å². The van der Waals surface area contributed by atoms with Crippen molar-refractivity contribution in [3.8, 4) is 11.1 Å². The molecule has 0 aliphatic rings. The number of nitrogens with two attached hydrogens (primary N) is 1. The second kappa shape index (κ2) is 6.82. The third-order valence-corrected chi connectivity index (χ3v) is 3.06. The smallest absolute Gasteiger partial charge is 0.184 e. The van der Waals surface area contributed by atoms with Crippen LogP contribution >= 0.6 is 12.2 Å². The molecule has 4 heteroatoms. The van der Waals surface area contributed by atoms with E-state index in [9.17, 15) is 0 Å². The molecule has 0 spiro atoms. The molecule has 0 aliphatic heterocycles. The van der Waals surface area contributed by atoms with Crippen LogP contribution in [0.3, 0.4) is 0 Å². The molecule has 0 amide bonds. The normalized spacial score (nSPS) is 10.7. The molecule has 3 N–H and O–H groups in total. The molecule has 0 saturated carbocycles. The summed E-state index contributed by atoms with van der Waals surface area (Å²) >= 11 is 4.69. The van der Waals surface area contributed by atoms with E-state index in [1.165, 1.54) is 11.1 Å². The Hall–Kier alpha value is -2.20. The first-order valence-electron chi connectivity index (χ1n) is 6.47. The Morgan fingerprint density at radius 3 is 2.60 bits per heavy atom. The number of hydrogen-bond donors (Lipinski definition) is 2. The quantitative estimate of drug-likeness (QED) is 0.515. The van der Waals surface area contributed by atoms with Crippen molar-refractivity contribution in [2.75, 3.05) is 0 Å². The van der Waals surface area contributed by atoms with Gasteiger partial charge < -0.3 is 5.73 Å². The fourth-order valence-electron chi connectivity index (χ4n) is 1.90. The third-order valence-electron chi connectivity index (χ3n) is 2.97. The highest BCUT2D eigenvalue weighted by Gasteiger charge is 1.98. The Balaban J connectivity index is 2.20. The predicted molar refractivity (Wildman–Crippen MR) is 88.8 cm³/mol. The van der Waals surface area contributed by atoms with Gasteiger partial charge in [-0.25, -0.2) is 0 Å². The van der Waals surface area contributed by atoms with Gasteiger partial charge in [0, 0.05) is 0 Å². The highest BCUT2D eigenvalue weighted by atomic mass is 32.1. The lowest BCUT2D eigenvalue weighted by Crippen LogP contribution is -2.23. The molecule has 0 aromatic heterocycles. The molecule has 0 aliphatic carbocycles. The Bertz CT molecular complexity index is 618. The highest BCUT2D eigenvalue weighted by molar-refractivity contribution is 7.80. The van der Waals surface area contributed by atoms with E-state index in [-0.39, 0.29) is 5.11 Å². The lowest BCUT2D eigenvalue weighted by Gasteiger charge is -2.04. The van der Waals surface area contributed by atoms with Crippen LogP contribution < -0.4 is 11.2 Å². The van der Waals surface area contributed by atoms with E-state index in [0.717, 1.165) is 17.5 Å². The van der Waals surface area contributed by atoms with Crippen LogP contribution in [0.4, 0.5) is 0 Å². The number of aryl methyl sites for hydroxylation is 1. The van der Waals surface area contributed by atoms with Crippen LogP contribution in [0.15, 0.2) is 53.6 Å². The van der Waals surface area contributed by atoms with E-state index >= 15 is 0 Å². The van der Waals surface area contributed by atoms with Crippen molar-refractivity contribution in [2.24, 2.45) is 10.8 Å². The van der Waals surface area contributed by atoms with Gasteiger partial charge in [-0.2, -0.15) is 5.10 Å². The molecule has 0 radical (unpaired) electrons. The number of benzene rings is 2. The fraction of sp³-hybridized carbons (Fsp3) is 0.125.